The van der Waals surface area contributed by atoms with Crippen molar-refractivity contribution >= 4 is 9.84 Å². The lowest BCUT2D eigenvalue weighted by Crippen LogP contribution is -2.10. The highest BCUT2D eigenvalue weighted by Gasteiger charge is 2.37. The molecule has 0 atom stereocenters. The Kier molecular flexibility index (Phi) is 2.10. The highest BCUT2D eigenvalue weighted by Crippen LogP contribution is 2.32. The minimum atomic E-state index is -4.70. The van der Waals surface area contributed by atoms with Gasteiger partial charge in [0.15, 0.2) is 14.9 Å². The summed E-state index contributed by atoms with van der Waals surface area (Å²) in [6.07, 6.45) is -3.59. The van der Waals surface area contributed by atoms with Crippen LogP contribution in [0.3, 0.4) is 0 Å². The first-order chi connectivity index (χ1) is 5.73. The minimum Gasteiger partial charge on any atom is -0.267 e. The lowest BCUT2D eigenvalue weighted by atomic mass is 10.4. The molecule has 0 fully saturated rings. The van der Waals surface area contributed by atoms with Crippen molar-refractivity contribution in [1.82, 2.24) is 10.2 Å². The number of alkyl halides is 3. The van der Waals surface area contributed by atoms with Crippen molar-refractivity contribution in [3.05, 3.63) is 11.8 Å². The zero-order valence-electron chi connectivity index (χ0n) is 6.38. The van der Waals surface area contributed by atoms with Crippen LogP contribution in [-0.4, -0.2) is 24.9 Å². The summed E-state index contributed by atoms with van der Waals surface area (Å²) in [5, 5.41) is 3.92. The van der Waals surface area contributed by atoms with Crippen molar-refractivity contribution in [3.63, 3.8) is 0 Å². The topological polar surface area (TPSA) is 62.8 Å². The van der Waals surface area contributed by atoms with E-state index in [0.29, 0.717) is 12.5 Å². The van der Waals surface area contributed by atoms with E-state index in [-0.39, 0.29) is 0 Å². The van der Waals surface area contributed by atoms with Crippen molar-refractivity contribution < 1.29 is 21.6 Å². The Balaban J connectivity index is 3.35. The van der Waals surface area contributed by atoms with E-state index in [2.05, 4.69) is 5.10 Å². The molecule has 1 N–H and O–H groups in total. The first kappa shape index (κ1) is 10.0. The summed E-state index contributed by atoms with van der Waals surface area (Å²) in [6.45, 7) is 0. The Hall–Kier alpha value is -1.05. The molecule has 0 unspecified atom stereocenters. The van der Waals surface area contributed by atoms with E-state index in [1.165, 1.54) is 0 Å². The van der Waals surface area contributed by atoms with Gasteiger partial charge in [-0.05, 0) is 0 Å². The largest absolute Gasteiger partial charge is 0.420 e. The van der Waals surface area contributed by atoms with E-state index in [9.17, 15) is 21.6 Å². The predicted octanol–water partition coefficient (Wildman–Crippen LogP) is 0.832. The molecule has 0 amide bonds. The first-order valence-electron chi connectivity index (χ1n) is 3.03. The maximum Gasteiger partial charge on any atom is 0.420 e. The average Bonchev–Trinajstić information content (AvgIpc) is 2.27. The maximum atomic E-state index is 12.1. The summed E-state index contributed by atoms with van der Waals surface area (Å²) in [4.78, 5) is 0. The number of hydrogen-bond donors (Lipinski definition) is 1. The second kappa shape index (κ2) is 2.72. The van der Waals surface area contributed by atoms with Crippen LogP contribution in [0.25, 0.3) is 0 Å². The number of aromatic nitrogens is 2. The van der Waals surface area contributed by atoms with Crippen molar-refractivity contribution in [2.75, 3.05) is 6.26 Å². The number of H-pyrrole nitrogens is 1. The van der Waals surface area contributed by atoms with Crippen molar-refractivity contribution in [2.24, 2.45) is 0 Å². The van der Waals surface area contributed by atoms with Gasteiger partial charge < -0.3 is 0 Å². The highest BCUT2D eigenvalue weighted by atomic mass is 32.2. The molecule has 0 bridgehead atoms. The third kappa shape index (κ3) is 2.00. The molecular formula is C5H5F3N2O2S. The third-order valence-electron chi connectivity index (χ3n) is 1.28. The number of rotatable bonds is 1. The molecule has 1 heterocycles. The molecule has 0 aliphatic heterocycles. The molecule has 0 aromatic carbocycles. The van der Waals surface area contributed by atoms with Crippen LogP contribution in [-0.2, 0) is 16.0 Å². The lowest BCUT2D eigenvalue weighted by molar-refractivity contribution is -0.139. The Morgan fingerprint density at radius 1 is 1.46 bits per heavy atom. The number of sulfone groups is 1. The minimum absolute atomic E-state index is 0.441. The molecule has 0 saturated heterocycles. The quantitative estimate of drug-likeness (QED) is 0.753. The van der Waals surface area contributed by atoms with Crippen LogP contribution in [0.5, 0.6) is 0 Å². The van der Waals surface area contributed by atoms with Gasteiger partial charge in [0.2, 0.25) is 0 Å². The van der Waals surface area contributed by atoms with Crippen LogP contribution < -0.4 is 0 Å². The van der Waals surface area contributed by atoms with Crippen molar-refractivity contribution in [1.29, 1.82) is 0 Å². The monoisotopic (exact) mass is 214 g/mol. The Labute approximate surface area is 71.7 Å². The second-order valence-corrected chi connectivity index (χ2v) is 4.34. The average molecular weight is 214 g/mol. The van der Waals surface area contributed by atoms with E-state index in [4.69, 9.17) is 0 Å². The van der Waals surface area contributed by atoms with Gasteiger partial charge in [-0.2, -0.15) is 18.3 Å². The Morgan fingerprint density at radius 3 is 2.31 bits per heavy atom. The summed E-state index contributed by atoms with van der Waals surface area (Å²) in [7, 11) is -3.91. The molecule has 1 aromatic heterocycles. The summed E-state index contributed by atoms with van der Waals surface area (Å²) in [5.41, 5.74) is -1.27. The molecule has 0 saturated carbocycles. The van der Waals surface area contributed by atoms with Gasteiger partial charge in [-0.15, -0.1) is 0 Å². The van der Waals surface area contributed by atoms with Crippen molar-refractivity contribution in [3.8, 4) is 0 Å². The van der Waals surface area contributed by atoms with E-state index in [0.717, 1.165) is 0 Å². The summed E-state index contributed by atoms with van der Waals surface area (Å²) >= 11 is 0. The number of hydrogen-bond acceptors (Lipinski definition) is 3. The van der Waals surface area contributed by atoms with Crippen LogP contribution in [0.2, 0.25) is 0 Å². The van der Waals surface area contributed by atoms with Gasteiger partial charge in [-0.1, -0.05) is 0 Å². The van der Waals surface area contributed by atoms with Crippen LogP contribution in [0.4, 0.5) is 13.2 Å². The van der Waals surface area contributed by atoms with Crippen LogP contribution in [0.15, 0.2) is 11.2 Å². The van der Waals surface area contributed by atoms with Gasteiger partial charge in [0.1, 0.15) is 5.56 Å². The summed E-state index contributed by atoms with van der Waals surface area (Å²) in [6, 6.07) is 0. The molecule has 0 spiro atoms. The van der Waals surface area contributed by atoms with Gasteiger partial charge in [-0.3, -0.25) is 5.10 Å². The molecule has 0 radical (unpaired) electrons. The second-order valence-electron chi connectivity index (χ2n) is 2.38. The zero-order chi connectivity index (χ0) is 10.3. The summed E-state index contributed by atoms with van der Waals surface area (Å²) < 4.78 is 57.8. The smallest absolute Gasteiger partial charge is 0.267 e. The normalized spacial score (nSPS) is 13.2. The maximum absolute atomic E-state index is 12.1. The summed E-state index contributed by atoms with van der Waals surface area (Å²) in [5.74, 6) is 0. The van der Waals surface area contributed by atoms with Gasteiger partial charge in [0.25, 0.3) is 0 Å². The van der Waals surface area contributed by atoms with Gasteiger partial charge in [-0.25, -0.2) is 8.42 Å². The molecule has 74 valence electrons. The highest BCUT2D eigenvalue weighted by molar-refractivity contribution is 7.90. The molecule has 1 aromatic rings. The van der Waals surface area contributed by atoms with Crippen LogP contribution >= 0.6 is 0 Å². The van der Waals surface area contributed by atoms with Crippen molar-refractivity contribution in [2.45, 2.75) is 11.2 Å². The lowest BCUT2D eigenvalue weighted by Gasteiger charge is -2.04. The SMILES string of the molecule is CS(=O)(=O)c1[nH]ncc1C(F)(F)F. The number of halogens is 3. The fraction of sp³-hybridized carbons (Fsp3) is 0.400. The molecular weight excluding hydrogens is 209 g/mol. The van der Waals surface area contributed by atoms with Crippen LogP contribution in [0, 0.1) is 0 Å². The molecule has 13 heavy (non-hydrogen) atoms. The molecule has 4 nitrogen and oxygen atoms in total. The van der Waals surface area contributed by atoms with Crippen LogP contribution in [0.1, 0.15) is 5.56 Å². The number of nitrogens with one attached hydrogen (secondary N) is 1. The van der Waals surface area contributed by atoms with Gasteiger partial charge in [0, 0.05) is 6.26 Å². The Bertz CT molecular complexity index is 406. The standard InChI is InChI=1S/C5H5F3N2O2S/c1-13(11,12)4-3(2-9-10-4)5(6,7)8/h2H,1H3,(H,9,10). The fourth-order valence-corrected chi connectivity index (χ4v) is 1.55. The van der Waals surface area contributed by atoms with Gasteiger partial charge in [0.05, 0.1) is 6.20 Å². The number of aromatic amines is 1. The van der Waals surface area contributed by atoms with Gasteiger partial charge >= 0.3 is 6.18 Å². The van der Waals surface area contributed by atoms with E-state index >= 15 is 0 Å². The van der Waals surface area contributed by atoms with E-state index in [1.54, 1.807) is 5.10 Å². The fourth-order valence-electron chi connectivity index (χ4n) is 0.759. The molecule has 0 aliphatic rings. The molecule has 0 aliphatic carbocycles. The predicted molar refractivity (Wildman–Crippen MR) is 36.7 cm³/mol. The van der Waals surface area contributed by atoms with E-state index < -0.39 is 26.6 Å². The zero-order valence-corrected chi connectivity index (χ0v) is 7.20. The van der Waals surface area contributed by atoms with E-state index in [1.807, 2.05) is 0 Å². The Morgan fingerprint density at radius 2 is 2.00 bits per heavy atom. The molecule has 8 heteroatoms. The third-order valence-corrected chi connectivity index (χ3v) is 2.33. The number of nitrogens with zero attached hydrogens (tertiary/aromatic N) is 1. The molecule has 1 rings (SSSR count). The first-order valence-corrected chi connectivity index (χ1v) is 4.92.